The summed E-state index contributed by atoms with van der Waals surface area (Å²) in [7, 11) is 0. The summed E-state index contributed by atoms with van der Waals surface area (Å²) in [4.78, 5) is 82.7. The molecule has 2 heterocycles. The van der Waals surface area contributed by atoms with Crippen molar-refractivity contribution in [3.8, 4) is 5.75 Å². The molecule has 13 heteroatoms. The zero-order chi connectivity index (χ0) is 34.1. The molecule has 2 aliphatic rings. The van der Waals surface area contributed by atoms with E-state index in [1.54, 1.807) is 26.0 Å². The summed E-state index contributed by atoms with van der Waals surface area (Å²) in [6, 6.07) is 1.29. The fourth-order valence-electron chi connectivity index (χ4n) is 5.80. The minimum absolute atomic E-state index is 0.0286. The summed E-state index contributed by atoms with van der Waals surface area (Å²) < 4.78 is 0. The zero-order valence-electron chi connectivity index (χ0n) is 27.7. The minimum atomic E-state index is -1.09. The largest absolute Gasteiger partial charge is 0.508 e. The van der Waals surface area contributed by atoms with Gasteiger partial charge in [-0.05, 0) is 54.7 Å². The monoisotopic (exact) mass is 642 g/mol. The van der Waals surface area contributed by atoms with Gasteiger partial charge in [0.25, 0.3) is 0 Å². The molecule has 1 aromatic rings. The molecule has 2 aliphatic heterocycles. The van der Waals surface area contributed by atoms with E-state index in [9.17, 15) is 33.9 Å². The maximum atomic E-state index is 14.0. The molecule has 6 amide bonds. The Labute approximate surface area is 271 Å². The van der Waals surface area contributed by atoms with E-state index in [1.165, 1.54) is 17.0 Å². The molecule has 0 unspecified atom stereocenters. The normalized spacial score (nSPS) is 26.3. The van der Waals surface area contributed by atoms with Crippen molar-refractivity contribution in [3.05, 3.63) is 29.8 Å². The number of nitrogens with one attached hydrogen (secondary N) is 5. The third-order valence-electron chi connectivity index (χ3n) is 8.65. The van der Waals surface area contributed by atoms with Crippen LogP contribution in [0.25, 0.3) is 0 Å². The van der Waals surface area contributed by atoms with Gasteiger partial charge in [0.1, 0.15) is 36.0 Å². The van der Waals surface area contributed by atoms with Gasteiger partial charge in [-0.15, -0.1) is 0 Å². The summed E-state index contributed by atoms with van der Waals surface area (Å²) in [6.07, 6.45) is 1.82. The standard InChI is InChI=1S/C33H50N6O7/c1-7-20(6)28-32(45)36-24(16-21-10-12-22(40)13-11-21)33(46)39-14-8-9-25(39)30(43)34-17-26(41)35-23(15-18(2)3)29(42)37-27(19(4)5)31(44)38-28/h10-13,18-20,23-25,27-28,40H,7-9,14-17H2,1-6H3,(H,34,43)(H,35,41)(H,36,45)(H,37,42)(H,38,44)/t20-,23-,24-,25-,27-,28-/m0/s1. The molecule has 254 valence electrons. The summed E-state index contributed by atoms with van der Waals surface area (Å²) >= 11 is 0. The average Bonchev–Trinajstić information content (AvgIpc) is 3.50. The molecule has 3 rings (SSSR count). The molecule has 6 atom stereocenters. The Bertz CT molecular complexity index is 1270. The van der Waals surface area contributed by atoms with Gasteiger partial charge in [-0.2, -0.15) is 0 Å². The van der Waals surface area contributed by atoms with Crippen molar-refractivity contribution < 1.29 is 33.9 Å². The van der Waals surface area contributed by atoms with Crippen LogP contribution in [-0.2, 0) is 35.2 Å². The van der Waals surface area contributed by atoms with Crippen LogP contribution in [0.1, 0.15) is 72.8 Å². The van der Waals surface area contributed by atoms with E-state index < -0.39 is 72.2 Å². The lowest BCUT2D eigenvalue weighted by atomic mass is 9.95. The van der Waals surface area contributed by atoms with Crippen molar-refractivity contribution in [2.24, 2.45) is 17.8 Å². The smallest absolute Gasteiger partial charge is 0.246 e. The molecule has 46 heavy (non-hydrogen) atoms. The molecule has 1 aromatic carbocycles. The molecule has 13 nitrogen and oxygen atoms in total. The predicted octanol–water partition coefficient (Wildman–Crippen LogP) is 0.743. The van der Waals surface area contributed by atoms with E-state index in [4.69, 9.17) is 0 Å². The van der Waals surface area contributed by atoms with Crippen molar-refractivity contribution in [1.29, 1.82) is 0 Å². The van der Waals surface area contributed by atoms with E-state index in [1.807, 2.05) is 27.7 Å². The number of amides is 6. The number of hydrogen-bond donors (Lipinski definition) is 6. The summed E-state index contributed by atoms with van der Waals surface area (Å²) in [6.45, 7) is 10.9. The molecule has 0 spiro atoms. The van der Waals surface area contributed by atoms with Crippen molar-refractivity contribution in [1.82, 2.24) is 31.5 Å². The molecule has 2 saturated heterocycles. The van der Waals surface area contributed by atoms with Crippen molar-refractivity contribution in [2.45, 2.75) is 104 Å². The first kappa shape index (κ1) is 36.3. The lowest BCUT2D eigenvalue weighted by molar-refractivity contribution is -0.142. The Balaban J connectivity index is 2.03. The van der Waals surface area contributed by atoms with Gasteiger partial charge in [0.2, 0.25) is 35.4 Å². The van der Waals surface area contributed by atoms with Crippen molar-refractivity contribution in [3.63, 3.8) is 0 Å². The molecule has 2 fully saturated rings. The van der Waals surface area contributed by atoms with Crippen LogP contribution in [0.2, 0.25) is 0 Å². The highest BCUT2D eigenvalue weighted by Crippen LogP contribution is 2.21. The number of carbonyl (C=O) groups excluding carboxylic acids is 6. The Kier molecular flexibility index (Phi) is 13.0. The van der Waals surface area contributed by atoms with Gasteiger partial charge < -0.3 is 36.6 Å². The summed E-state index contributed by atoms with van der Waals surface area (Å²) in [5.74, 6) is -3.85. The van der Waals surface area contributed by atoms with E-state index >= 15 is 0 Å². The number of rotatable bonds is 7. The van der Waals surface area contributed by atoms with Gasteiger partial charge in [0.05, 0.1) is 6.54 Å². The highest BCUT2D eigenvalue weighted by molar-refractivity contribution is 5.98. The third-order valence-corrected chi connectivity index (χ3v) is 8.65. The van der Waals surface area contributed by atoms with Crippen molar-refractivity contribution in [2.75, 3.05) is 13.1 Å². The van der Waals surface area contributed by atoms with Gasteiger partial charge in [0.15, 0.2) is 0 Å². The van der Waals surface area contributed by atoms with E-state index in [0.29, 0.717) is 31.2 Å². The molecular weight excluding hydrogens is 592 g/mol. The van der Waals surface area contributed by atoms with Crippen molar-refractivity contribution >= 4 is 35.4 Å². The van der Waals surface area contributed by atoms with Crippen LogP contribution in [0.3, 0.4) is 0 Å². The number of benzene rings is 1. The Morgan fingerprint density at radius 2 is 1.43 bits per heavy atom. The third kappa shape index (κ3) is 9.67. The number of fused-ring (bicyclic) bond motifs is 1. The van der Waals surface area contributed by atoms with Gasteiger partial charge in [-0.1, -0.05) is 60.1 Å². The fourth-order valence-corrected chi connectivity index (χ4v) is 5.80. The molecule has 6 N–H and O–H groups in total. The maximum absolute atomic E-state index is 14.0. The quantitative estimate of drug-likeness (QED) is 0.253. The van der Waals surface area contributed by atoms with E-state index in [-0.39, 0.29) is 36.5 Å². The Hall–Kier alpha value is -4.16. The molecule has 0 radical (unpaired) electrons. The second kappa shape index (κ2) is 16.4. The molecule has 0 aromatic heterocycles. The van der Waals surface area contributed by atoms with Crippen LogP contribution in [0, 0.1) is 17.8 Å². The molecule has 0 aliphatic carbocycles. The molecule has 0 saturated carbocycles. The lowest BCUT2D eigenvalue weighted by Gasteiger charge is -2.32. The number of phenols is 1. The first-order valence-electron chi connectivity index (χ1n) is 16.3. The highest BCUT2D eigenvalue weighted by Gasteiger charge is 2.40. The van der Waals surface area contributed by atoms with Gasteiger partial charge in [-0.3, -0.25) is 28.8 Å². The Morgan fingerprint density at radius 3 is 2.04 bits per heavy atom. The molecular formula is C33H50N6O7. The van der Waals surface area contributed by atoms with Gasteiger partial charge >= 0.3 is 0 Å². The molecule has 0 bridgehead atoms. The first-order chi connectivity index (χ1) is 21.7. The summed E-state index contributed by atoms with van der Waals surface area (Å²) in [5.41, 5.74) is 0.665. The first-order valence-corrected chi connectivity index (χ1v) is 16.3. The van der Waals surface area contributed by atoms with Gasteiger partial charge in [-0.25, -0.2) is 0 Å². The fraction of sp³-hybridized carbons (Fsp3) is 0.636. The van der Waals surface area contributed by atoms with Crippen LogP contribution in [0.15, 0.2) is 24.3 Å². The topological polar surface area (TPSA) is 186 Å². The number of aromatic hydroxyl groups is 1. The second-order valence-electron chi connectivity index (χ2n) is 13.2. The van der Waals surface area contributed by atoms with Crippen LogP contribution < -0.4 is 26.6 Å². The highest BCUT2D eigenvalue weighted by atomic mass is 16.3. The average molecular weight is 643 g/mol. The Morgan fingerprint density at radius 1 is 0.804 bits per heavy atom. The summed E-state index contributed by atoms with van der Waals surface area (Å²) in [5, 5.41) is 23.5. The second-order valence-corrected chi connectivity index (χ2v) is 13.2. The van der Waals surface area contributed by atoms with E-state index in [2.05, 4.69) is 26.6 Å². The van der Waals surface area contributed by atoms with Crippen LogP contribution in [0.5, 0.6) is 5.75 Å². The number of phenolic OH excluding ortho intramolecular Hbond substituents is 1. The van der Waals surface area contributed by atoms with Crippen LogP contribution in [0.4, 0.5) is 0 Å². The van der Waals surface area contributed by atoms with Gasteiger partial charge in [0, 0.05) is 13.0 Å². The number of hydrogen-bond acceptors (Lipinski definition) is 7. The maximum Gasteiger partial charge on any atom is 0.246 e. The number of nitrogens with zero attached hydrogens (tertiary/aromatic N) is 1. The zero-order valence-corrected chi connectivity index (χ0v) is 27.7. The van der Waals surface area contributed by atoms with Crippen LogP contribution >= 0.6 is 0 Å². The number of carbonyl (C=O) groups is 6. The minimum Gasteiger partial charge on any atom is -0.508 e. The SMILES string of the molecule is CC[C@H](C)[C@@H]1NC(=O)[C@H](C(C)C)NC(=O)[C@H](CC(C)C)NC(=O)CNC(=O)[C@@H]2CCCN2C(=O)[C@H](Cc2ccc(O)cc2)NC1=O. The predicted molar refractivity (Wildman–Crippen MR) is 171 cm³/mol. The lowest BCUT2D eigenvalue weighted by Crippen LogP contribution is -2.62. The van der Waals surface area contributed by atoms with E-state index in [0.717, 1.165) is 0 Å². The van der Waals surface area contributed by atoms with Crippen LogP contribution in [-0.4, -0.2) is 88.7 Å².